The molecule has 0 aliphatic heterocycles. The predicted molar refractivity (Wildman–Crippen MR) is 51.3 cm³/mol. The van der Waals surface area contributed by atoms with Gasteiger partial charge in [0.15, 0.2) is 0 Å². The highest BCUT2D eigenvalue weighted by molar-refractivity contribution is 6.32. The maximum Gasteiger partial charge on any atom is 0.454 e. The Morgan fingerprint density at radius 1 is 1.27 bits per heavy atom. The summed E-state index contributed by atoms with van der Waals surface area (Å²) in [6, 6.07) is 2.54. The summed E-state index contributed by atoms with van der Waals surface area (Å²) in [5.74, 6) is -1.86. The van der Waals surface area contributed by atoms with Gasteiger partial charge in [0, 0.05) is 10.6 Å². The smallest absolute Gasteiger partial charge is 0.284 e. The van der Waals surface area contributed by atoms with Crippen LogP contribution in [0, 0.1) is 13.8 Å². The molecule has 0 aromatic heterocycles. The number of Topliss-reactive ketones (excluding diaryl/α,β-unsaturated/α-hetero) is 1. The molecule has 5 heteroatoms. The summed E-state index contributed by atoms with van der Waals surface area (Å²) in [4.78, 5) is 11.0. The SMILES string of the molecule is Cc1ccc(C(=O)C(F)(F)F)c(C)c1Cl. The number of hydrogen-bond acceptors (Lipinski definition) is 1. The fraction of sp³-hybridized carbons (Fsp3) is 0.300. The lowest BCUT2D eigenvalue weighted by molar-refractivity contribution is -0.0885. The monoisotopic (exact) mass is 236 g/mol. The second-order valence-electron chi connectivity index (χ2n) is 3.20. The Labute approximate surface area is 89.9 Å². The molecule has 0 spiro atoms. The summed E-state index contributed by atoms with van der Waals surface area (Å²) in [6.07, 6.45) is -4.86. The molecule has 15 heavy (non-hydrogen) atoms. The molecule has 0 heterocycles. The summed E-state index contributed by atoms with van der Waals surface area (Å²) in [7, 11) is 0. The van der Waals surface area contributed by atoms with E-state index >= 15 is 0 Å². The lowest BCUT2D eigenvalue weighted by Gasteiger charge is -2.10. The molecule has 0 saturated carbocycles. The van der Waals surface area contributed by atoms with Crippen LogP contribution in [0.25, 0.3) is 0 Å². The molecule has 1 aromatic carbocycles. The fourth-order valence-corrected chi connectivity index (χ4v) is 1.38. The Morgan fingerprint density at radius 2 is 1.80 bits per heavy atom. The van der Waals surface area contributed by atoms with Crippen LogP contribution < -0.4 is 0 Å². The summed E-state index contributed by atoms with van der Waals surface area (Å²) in [5.41, 5.74) is 0.421. The minimum Gasteiger partial charge on any atom is -0.284 e. The molecule has 0 amide bonds. The predicted octanol–water partition coefficient (Wildman–Crippen LogP) is 3.70. The van der Waals surface area contributed by atoms with E-state index in [4.69, 9.17) is 11.6 Å². The first-order chi connectivity index (χ1) is 6.75. The van der Waals surface area contributed by atoms with Crippen LogP contribution >= 0.6 is 11.6 Å². The van der Waals surface area contributed by atoms with E-state index in [2.05, 4.69) is 0 Å². The van der Waals surface area contributed by atoms with E-state index in [9.17, 15) is 18.0 Å². The van der Waals surface area contributed by atoms with Crippen molar-refractivity contribution in [3.8, 4) is 0 Å². The molecule has 1 rings (SSSR count). The van der Waals surface area contributed by atoms with Gasteiger partial charge in [-0.25, -0.2) is 0 Å². The summed E-state index contributed by atoms with van der Waals surface area (Å²) >= 11 is 5.76. The first kappa shape index (κ1) is 12.0. The molecule has 0 aliphatic rings. The number of benzene rings is 1. The highest BCUT2D eigenvalue weighted by Crippen LogP contribution is 2.28. The minimum absolute atomic E-state index is 0.166. The Morgan fingerprint density at radius 3 is 2.27 bits per heavy atom. The van der Waals surface area contributed by atoms with Crippen LogP contribution in [-0.4, -0.2) is 12.0 Å². The van der Waals surface area contributed by atoms with Gasteiger partial charge >= 0.3 is 6.18 Å². The molecule has 0 radical (unpaired) electrons. The standard InChI is InChI=1S/C10H8ClF3O/c1-5-3-4-7(6(2)8(5)11)9(15)10(12,13)14/h3-4H,1-2H3. The van der Waals surface area contributed by atoms with Crippen LogP contribution in [0.4, 0.5) is 13.2 Å². The van der Waals surface area contributed by atoms with Crippen LogP contribution in [0.3, 0.4) is 0 Å². The van der Waals surface area contributed by atoms with Gasteiger partial charge in [0.05, 0.1) is 0 Å². The maximum absolute atomic E-state index is 12.2. The van der Waals surface area contributed by atoms with Crippen LogP contribution in [0.1, 0.15) is 21.5 Å². The van der Waals surface area contributed by atoms with Crippen LogP contribution in [0.5, 0.6) is 0 Å². The molecule has 0 saturated heterocycles. The lowest BCUT2D eigenvalue weighted by Crippen LogP contribution is -2.23. The van der Waals surface area contributed by atoms with Crippen molar-refractivity contribution in [2.75, 3.05) is 0 Å². The Kier molecular flexibility index (Phi) is 3.09. The van der Waals surface area contributed by atoms with Crippen molar-refractivity contribution >= 4 is 17.4 Å². The molecule has 1 nitrogen and oxygen atoms in total. The highest BCUT2D eigenvalue weighted by Gasteiger charge is 2.40. The third kappa shape index (κ3) is 2.31. The van der Waals surface area contributed by atoms with E-state index in [0.29, 0.717) is 5.56 Å². The quantitative estimate of drug-likeness (QED) is 0.680. The number of halogens is 4. The normalized spacial score (nSPS) is 11.6. The van der Waals surface area contributed by atoms with E-state index in [1.165, 1.54) is 13.0 Å². The molecule has 1 aromatic rings. The number of carbonyl (C=O) groups is 1. The summed E-state index contributed by atoms with van der Waals surface area (Å²) in [5, 5.41) is 0.199. The average Bonchev–Trinajstić information content (AvgIpc) is 2.12. The number of rotatable bonds is 1. The van der Waals surface area contributed by atoms with Gasteiger partial charge < -0.3 is 0 Å². The molecule has 82 valence electrons. The number of carbonyl (C=O) groups excluding carboxylic acids is 1. The number of alkyl halides is 3. The first-order valence-corrected chi connectivity index (χ1v) is 4.50. The van der Waals surface area contributed by atoms with E-state index in [0.717, 1.165) is 6.07 Å². The van der Waals surface area contributed by atoms with Gasteiger partial charge in [-0.05, 0) is 25.0 Å². The van der Waals surface area contributed by atoms with E-state index < -0.39 is 17.5 Å². The van der Waals surface area contributed by atoms with Crippen molar-refractivity contribution in [3.05, 3.63) is 33.8 Å². The van der Waals surface area contributed by atoms with Crippen LogP contribution in [0.15, 0.2) is 12.1 Å². The lowest BCUT2D eigenvalue weighted by atomic mass is 10.0. The molecule has 0 N–H and O–H groups in total. The Hall–Kier alpha value is -1.03. The third-order valence-electron chi connectivity index (χ3n) is 2.08. The molecule has 0 atom stereocenters. The summed E-state index contributed by atoms with van der Waals surface area (Å²) in [6.45, 7) is 3.06. The van der Waals surface area contributed by atoms with E-state index in [1.54, 1.807) is 6.92 Å². The van der Waals surface area contributed by atoms with Crippen molar-refractivity contribution in [1.82, 2.24) is 0 Å². The van der Waals surface area contributed by atoms with Crippen molar-refractivity contribution < 1.29 is 18.0 Å². The molecule has 0 fully saturated rings. The van der Waals surface area contributed by atoms with Gasteiger partial charge in [-0.2, -0.15) is 13.2 Å². The van der Waals surface area contributed by atoms with Crippen molar-refractivity contribution in [2.45, 2.75) is 20.0 Å². The third-order valence-corrected chi connectivity index (χ3v) is 2.66. The largest absolute Gasteiger partial charge is 0.454 e. The number of ketones is 1. The van der Waals surface area contributed by atoms with Gasteiger partial charge in [0.1, 0.15) is 0 Å². The molecular weight excluding hydrogens is 229 g/mol. The van der Waals surface area contributed by atoms with Crippen molar-refractivity contribution in [3.63, 3.8) is 0 Å². The minimum atomic E-state index is -4.86. The maximum atomic E-state index is 12.2. The van der Waals surface area contributed by atoms with Gasteiger partial charge in [0.2, 0.25) is 0 Å². The summed E-state index contributed by atoms with van der Waals surface area (Å²) < 4.78 is 36.5. The van der Waals surface area contributed by atoms with Crippen LogP contribution in [0.2, 0.25) is 5.02 Å². The van der Waals surface area contributed by atoms with Gasteiger partial charge in [0.25, 0.3) is 5.78 Å². The van der Waals surface area contributed by atoms with Crippen molar-refractivity contribution in [1.29, 1.82) is 0 Å². The zero-order chi connectivity index (χ0) is 11.8. The van der Waals surface area contributed by atoms with Gasteiger partial charge in [-0.15, -0.1) is 0 Å². The average molecular weight is 237 g/mol. The highest BCUT2D eigenvalue weighted by atomic mass is 35.5. The Bertz CT molecular complexity index is 410. The topological polar surface area (TPSA) is 17.1 Å². The van der Waals surface area contributed by atoms with Crippen LogP contribution in [-0.2, 0) is 0 Å². The fourth-order valence-electron chi connectivity index (χ4n) is 1.22. The zero-order valence-electron chi connectivity index (χ0n) is 8.07. The second-order valence-corrected chi connectivity index (χ2v) is 3.57. The number of hydrogen-bond donors (Lipinski definition) is 0. The van der Waals surface area contributed by atoms with Crippen molar-refractivity contribution in [2.24, 2.45) is 0 Å². The molecule has 0 bridgehead atoms. The molecule has 0 aliphatic carbocycles. The van der Waals surface area contributed by atoms with Gasteiger partial charge in [-0.1, -0.05) is 23.7 Å². The second kappa shape index (κ2) is 3.85. The first-order valence-electron chi connectivity index (χ1n) is 4.12. The van der Waals surface area contributed by atoms with E-state index in [-0.39, 0.29) is 10.6 Å². The van der Waals surface area contributed by atoms with E-state index in [1.807, 2.05) is 0 Å². The Balaban J connectivity index is 3.29. The molecular formula is C10H8ClF3O. The molecule has 0 unspecified atom stereocenters. The zero-order valence-corrected chi connectivity index (χ0v) is 8.83. The van der Waals surface area contributed by atoms with Gasteiger partial charge in [-0.3, -0.25) is 4.79 Å². The number of aryl methyl sites for hydroxylation is 1.